The monoisotopic (exact) mass is 564 g/mol. The molecular weight excluding hydrogens is 539 g/mol. The highest BCUT2D eigenvalue weighted by Crippen LogP contribution is 2.45. The first-order chi connectivity index (χ1) is 18.7. The average molecular weight is 564 g/mol. The lowest BCUT2D eigenvalue weighted by Gasteiger charge is -2.20. The quantitative estimate of drug-likeness (QED) is 0.165. The number of phosphoric ester groups is 1. The van der Waals surface area contributed by atoms with E-state index < -0.39 is 57.9 Å². The molecule has 0 amide bonds. The van der Waals surface area contributed by atoms with Crippen LogP contribution in [-0.4, -0.2) is 91.8 Å². The Bertz CT molecular complexity index is 1440. The van der Waals surface area contributed by atoms with Crippen molar-refractivity contribution < 1.29 is 38.2 Å². The number of imidazole rings is 2. The van der Waals surface area contributed by atoms with E-state index in [9.17, 15) is 19.7 Å². The molecule has 2 aliphatic rings. The van der Waals surface area contributed by atoms with Gasteiger partial charge in [0, 0.05) is 12.8 Å². The standard InChI is InChI=1S/C20H25N10O8P/c21-17-15-19(25-5-23-17)29(7-27-15)13-1-9(31)11(37-13)3-35-39(33,34)36-4-12-10(32)2-14(38-12)30-8-28-16-18(22)24-6-26-20(16)30/h5-14,31-32H,1-4H2,(H,33,34)(H2,21,23,25)(H2,22,24,26)/t9-,10-,11+,12+,13+,14+/m0/s1. The Morgan fingerprint density at radius 1 is 0.821 bits per heavy atom. The van der Waals surface area contributed by atoms with Gasteiger partial charge in [0.25, 0.3) is 0 Å². The van der Waals surface area contributed by atoms with Crippen LogP contribution in [0.1, 0.15) is 25.3 Å². The molecule has 208 valence electrons. The fourth-order valence-corrected chi connectivity index (χ4v) is 5.35. The lowest BCUT2D eigenvalue weighted by Crippen LogP contribution is -2.28. The van der Waals surface area contributed by atoms with Crippen molar-refractivity contribution in [1.29, 1.82) is 0 Å². The number of hydrogen-bond acceptors (Lipinski definition) is 15. The van der Waals surface area contributed by atoms with Crippen molar-refractivity contribution in [1.82, 2.24) is 39.0 Å². The Balaban J connectivity index is 1.03. The minimum absolute atomic E-state index is 0.156. The van der Waals surface area contributed by atoms with E-state index in [1.54, 1.807) is 9.13 Å². The number of fused-ring (bicyclic) bond motifs is 2. The SMILES string of the molecule is Nc1ncnc2c1ncn2[C@H]1C[C@H](O)[C@@H](COP(=O)(O)OC[C@H]2O[C@@H](n3cnc4c(N)ncnc43)C[C@@H]2O)O1. The summed E-state index contributed by atoms with van der Waals surface area (Å²) in [6, 6.07) is 0. The maximum atomic E-state index is 12.5. The number of hydrogen-bond donors (Lipinski definition) is 5. The second-order valence-corrected chi connectivity index (χ2v) is 10.5. The highest BCUT2D eigenvalue weighted by molar-refractivity contribution is 7.47. The molecule has 0 radical (unpaired) electrons. The molecule has 6 heterocycles. The first-order valence-electron chi connectivity index (χ1n) is 11.8. The highest BCUT2D eigenvalue weighted by atomic mass is 31.2. The average Bonchev–Trinajstić information content (AvgIpc) is 3.67. The van der Waals surface area contributed by atoms with E-state index in [-0.39, 0.29) is 24.5 Å². The fraction of sp³-hybridized carbons (Fsp3) is 0.500. The Kier molecular flexibility index (Phi) is 6.64. The van der Waals surface area contributed by atoms with Gasteiger partial charge in [0.15, 0.2) is 22.9 Å². The molecule has 0 aromatic carbocycles. The van der Waals surface area contributed by atoms with Gasteiger partial charge in [-0.3, -0.25) is 18.2 Å². The molecule has 2 saturated heterocycles. The Hall–Kier alpha value is -3.35. The number of phosphoric acid groups is 1. The lowest BCUT2D eigenvalue weighted by molar-refractivity contribution is -0.0559. The number of ether oxygens (including phenoxy) is 2. The number of anilines is 2. The molecule has 7 N–H and O–H groups in total. The molecule has 0 saturated carbocycles. The zero-order valence-electron chi connectivity index (χ0n) is 20.2. The summed E-state index contributed by atoms with van der Waals surface area (Å²) in [6.07, 6.45) is 0.617. The van der Waals surface area contributed by atoms with Gasteiger partial charge in [-0.25, -0.2) is 34.5 Å². The zero-order chi connectivity index (χ0) is 27.3. The number of nitrogen functional groups attached to an aromatic ring is 2. The van der Waals surface area contributed by atoms with E-state index >= 15 is 0 Å². The Morgan fingerprint density at radius 2 is 1.26 bits per heavy atom. The highest BCUT2D eigenvalue weighted by Gasteiger charge is 2.40. The summed E-state index contributed by atoms with van der Waals surface area (Å²) in [5.74, 6) is 0.408. The number of rotatable bonds is 8. The second-order valence-electron chi connectivity index (χ2n) is 9.09. The van der Waals surface area contributed by atoms with E-state index in [1.807, 2.05) is 0 Å². The van der Waals surface area contributed by atoms with Crippen LogP contribution in [0.5, 0.6) is 0 Å². The maximum absolute atomic E-state index is 12.5. The number of nitrogens with zero attached hydrogens (tertiary/aromatic N) is 8. The van der Waals surface area contributed by atoms with E-state index in [0.29, 0.717) is 22.3 Å². The summed E-state index contributed by atoms with van der Waals surface area (Å²) in [4.78, 5) is 34.6. The van der Waals surface area contributed by atoms with Gasteiger partial charge >= 0.3 is 7.82 Å². The molecule has 2 fully saturated rings. The molecule has 19 heteroatoms. The number of aliphatic hydroxyl groups excluding tert-OH is 2. The molecule has 4 aromatic heterocycles. The van der Waals surface area contributed by atoms with Crippen molar-refractivity contribution in [3.8, 4) is 0 Å². The molecule has 6 atom stereocenters. The summed E-state index contributed by atoms with van der Waals surface area (Å²) in [5, 5.41) is 20.9. The van der Waals surface area contributed by atoms with Gasteiger partial charge in [-0.1, -0.05) is 0 Å². The molecule has 0 unspecified atom stereocenters. The van der Waals surface area contributed by atoms with Gasteiger partial charge in [-0.15, -0.1) is 0 Å². The third kappa shape index (κ3) is 4.92. The van der Waals surface area contributed by atoms with Gasteiger partial charge in [-0.2, -0.15) is 0 Å². The van der Waals surface area contributed by atoms with Gasteiger partial charge in [0.05, 0.1) is 38.1 Å². The molecule has 2 aliphatic heterocycles. The number of nitrogens with two attached hydrogens (primary N) is 2. The Labute approximate surface area is 219 Å². The van der Waals surface area contributed by atoms with Gasteiger partial charge in [0.1, 0.15) is 48.4 Å². The third-order valence-corrected chi connectivity index (χ3v) is 7.56. The van der Waals surface area contributed by atoms with Crippen LogP contribution < -0.4 is 11.5 Å². The van der Waals surface area contributed by atoms with Crippen molar-refractivity contribution in [3.63, 3.8) is 0 Å². The summed E-state index contributed by atoms with van der Waals surface area (Å²) >= 11 is 0. The molecule has 6 rings (SSSR count). The zero-order valence-corrected chi connectivity index (χ0v) is 21.1. The molecule has 0 spiro atoms. The van der Waals surface area contributed by atoms with E-state index in [2.05, 4.69) is 29.9 Å². The van der Waals surface area contributed by atoms with Crippen LogP contribution >= 0.6 is 7.82 Å². The summed E-state index contributed by atoms with van der Waals surface area (Å²) in [6.45, 7) is -0.873. The maximum Gasteiger partial charge on any atom is 0.472 e. The summed E-state index contributed by atoms with van der Waals surface area (Å²) in [5.41, 5.74) is 13.2. The predicted molar refractivity (Wildman–Crippen MR) is 130 cm³/mol. The van der Waals surface area contributed by atoms with Crippen molar-refractivity contribution in [2.24, 2.45) is 0 Å². The van der Waals surface area contributed by atoms with E-state index in [4.69, 9.17) is 30.0 Å². The van der Waals surface area contributed by atoms with Crippen LogP contribution in [0.25, 0.3) is 22.3 Å². The first-order valence-corrected chi connectivity index (χ1v) is 13.3. The Morgan fingerprint density at radius 3 is 1.69 bits per heavy atom. The van der Waals surface area contributed by atoms with Gasteiger partial charge in [-0.05, 0) is 0 Å². The van der Waals surface area contributed by atoms with Crippen molar-refractivity contribution >= 4 is 41.8 Å². The van der Waals surface area contributed by atoms with Crippen LogP contribution in [0.15, 0.2) is 25.3 Å². The fourth-order valence-electron chi connectivity index (χ4n) is 4.61. The molecular formula is C20H25N10O8P. The molecule has 4 aromatic rings. The molecule has 18 nitrogen and oxygen atoms in total. The van der Waals surface area contributed by atoms with Crippen LogP contribution in [-0.2, 0) is 23.1 Å². The minimum Gasteiger partial charge on any atom is -0.390 e. The predicted octanol–water partition coefficient (Wildman–Crippen LogP) is -0.739. The molecule has 39 heavy (non-hydrogen) atoms. The van der Waals surface area contributed by atoms with Crippen LogP contribution in [0.4, 0.5) is 11.6 Å². The van der Waals surface area contributed by atoms with Crippen LogP contribution in [0.2, 0.25) is 0 Å². The molecule has 0 bridgehead atoms. The van der Waals surface area contributed by atoms with Gasteiger partial charge in [0.2, 0.25) is 0 Å². The number of aliphatic hydroxyl groups is 2. The largest absolute Gasteiger partial charge is 0.472 e. The van der Waals surface area contributed by atoms with E-state index in [1.165, 1.54) is 25.3 Å². The number of aromatic nitrogens is 8. The lowest BCUT2D eigenvalue weighted by atomic mass is 10.2. The normalized spacial score (nSPS) is 27.7. The van der Waals surface area contributed by atoms with E-state index in [0.717, 1.165) is 0 Å². The summed E-state index contributed by atoms with van der Waals surface area (Å²) in [7, 11) is -4.60. The first kappa shape index (κ1) is 25.9. The van der Waals surface area contributed by atoms with Crippen molar-refractivity contribution in [2.45, 2.75) is 49.7 Å². The third-order valence-electron chi connectivity index (χ3n) is 6.61. The van der Waals surface area contributed by atoms with Crippen molar-refractivity contribution in [3.05, 3.63) is 25.3 Å². The second kappa shape index (κ2) is 10.00. The molecule has 0 aliphatic carbocycles. The van der Waals surface area contributed by atoms with Crippen LogP contribution in [0.3, 0.4) is 0 Å². The topological polar surface area (TPSA) is 254 Å². The van der Waals surface area contributed by atoms with Crippen LogP contribution in [0, 0.1) is 0 Å². The van der Waals surface area contributed by atoms with Gasteiger partial charge < -0.3 is 36.0 Å². The van der Waals surface area contributed by atoms with Crippen molar-refractivity contribution in [2.75, 3.05) is 24.7 Å². The minimum atomic E-state index is -4.60. The summed E-state index contributed by atoms with van der Waals surface area (Å²) < 4.78 is 37.5. The smallest absolute Gasteiger partial charge is 0.390 e.